The maximum Gasteiger partial charge on any atom is 0.0957 e. The summed E-state index contributed by atoms with van der Waals surface area (Å²) in [6, 6.07) is 10.1. The molecule has 1 aromatic rings. The lowest BCUT2D eigenvalue weighted by Crippen LogP contribution is -2.28. The number of rotatable bonds is 2. The van der Waals surface area contributed by atoms with Crippen LogP contribution in [0.25, 0.3) is 0 Å². The van der Waals surface area contributed by atoms with Crippen LogP contribution in [0.4, 0.5) is 0 Å². The number of benzene rings is 1. The van der Waals surface area contributed by atoms with Gasteiger partial charge in [0.1, 0.15) is 0 Å². The van der Waals surface area contributed by atoms with E-state index < -0.39 is 0 Å². The van der Waals surface area contributed by atoms with E-state index in [1.54, 1.807) is 0 Å². The Morgan fingerprint density at radius 1 is 1.40 bits per heavy atom. The van der Waals surface area contributed by atoms with Crippen molar-refractivity contribution in [2.45, 2.75) is 35.6 Å². The summed E-state index contributed by atoms with van der Waals surface area (Å²) in [6.45, 7) is 2.07. The summed E-state index contributed by atoms with van der Waals surface area (Å²) < 4.78 is 6.20. The van der Waals surface area contributed by atoms with Gasteiger partial charge in [0.2, 0.25) is 0 Å². The molecule has 15 heavy (non-hydrogen) atoms. The Morgan fingerprint density at radius 3 is 2.60 bits per heavy atom. The van der Waals surface area contributed by atoms with Gasteiger partial charge in [-0.25, -0.2) is 0 Å². The minimum Gasteiger partial charge on any atom is -0.390 e. The number of aliphatic hydroxyl groups is 1. The highest BCUT2D eigenvalue weighted by molar-refractivity contribution is 14.1. The van der Waals surface area contributed by atoms with Gasteiger partial charge in [0, 0.05) is 10.3 Å². The van der Waals surface area contributed by atoms with Crippen molar-refractivity contribution in [2.75, 3.05) is 0 Å². The lowest BCUT2D eigenvalue weighted by Gasteiger charge is -2.17. The Morgan fingerprint density at radius 2 is 2.07 bits per heavy atom. The molecule has 1 saturated heterocycles. The first kappa shape index (κ1) is 11.4. The highest BCUT2D eigenvalue weighted by Crippen LogP contribution is 2.35. The Labute approximate surface area is 104 Å². The van der Waals surface area contributed by atoms with Crippen molar-refractivity contribution in [3.63, 3.8) is 0 Å². The van der Waals surface area contributed by atoms with Crippen LogP contribution in [0.3, 0.4) is 0 Å². The lowest BCUT2D eigenvalue weighted by molar-refractivity contribution is 0.0138. The van der Waals surface area contributed by atoms with E-state index >= 15 is 0 Å². The standard InChI is InChI=1S/C12H15IO2/c1-8(13)12-10(14)7-11(15-12)9-5-3-2-4-6-9/h2-6,8,10-12,14H,7H2,1H3. The van der Waals surface area contributed by atoms with Crippen LogP contribution in [0.2, 0.25) is 0 Å². The summed E-state index contributed by atoms with van der Waals surface area (Å²) in [5.41, 5.74) is 1.16. The molecule has 0 spiro atoms. The minimum atomic E-state index is -0.331. The molecule has 0 saturated carbocycles. The van der Waals surface area contributed by atoms with Crippen molar-refractivity contribution in [2.24, 2.45) is 0 Å². The fraction of sp³-hybridized carbons (Fsp3) is 0.500. The molecular weight excluding hydrogens is 303 g/mol. The molecule has 1 aliphatic heterocycles. The van der Waals surface area contributed by atoms with Gasteiger partial charge in [0.15, 0.2) is 0 Å². The van der Waals surface area contributed by atoms with Crippen LogP contribution in [0, 0.1) is 0 Å². The third-order valence-corrected chi connectivity index (χ3v) is 3.49. The van der Waals surface area contributed by atoms with Gasteiger partial charge in [-0.05, 0) is 5.56 Å². The van der Waals surface area contributed by atoms with Gasteiger partial charge in [0.05, 0.1) is 18.3 Å². The van der Waals surface area contributed by atoms with Crippen LogP contribution in [-0.2, 0) is 4.74 Å². The maximum absolute atomic E-state index is 9.86. The lowest BCUT2D eigenvalue weighted by atomic mass is 10.0. The minimum absolute atomic E-state index is 0.0317. The zero-order valence-corrected chi connectivity index (χ0v) is 10.8. The first-order valence-corrected chi connectivity index (χ1v) is 6.45. The van der Waals surface area contributed by atoms with E-state index in [9.17, 15) is 5.11 Å². The zero-order chi connectivity index (χ0) is 10.8. The molecule has 82 valence electrons. The molecule has 3 heteroatoms. The second kappa shape index (κ2) is 4.80. The first-order valence-electron chi connectivity index (χ1n) is 5.21. The molecule has 4 unspecified atom stereocenters. The van der Waals surface area contributed by atoms with Crippen LogP contribution in [0.15, 0.2) is 30.3 Å². The third-order valence-electron chi connectivity index (χ3n) is 2.78. The Balaban J connectivity index is 2.09. The molecule has 0 aromatic heterocycles. The average molecular weight is 318 g/mol. The van der Waals surface area contributed by atoms with E-state index in [1.807, 2.05) is 18.2 Å². The summed E-state index contributed by atoms with van der Waals surface area (Å²) in [7, 11) is 0. The number of halogens is 1. The average Bonchev–Trinajstić information content (AvgIpc) is 2.62. The van der Waals surface area contributed by atoms with Crippen molar-refractivity contribution < 1.29 is 9.84 Å². The molecule has 0 radical (unpaired) electrons. The van der Waals surface area contributed by atoms with Gasteiger partial charge in [0.25, 0.3) is 0 Å². The molecule has 1 aromatic carbocycles. The number of ether oxygens (including phenoxy) is 1. The normalized spacial score (nSPS) is 32.9. The van der Waals surface area contributed by atoms with E-state index in [2.05, 4.69) is 41.6 Å². The van der Waals surface area contributed by atoms with Gasteiger partial charge in [-0.3, -0.25) is 0 Å². The van der Waals surface area contributed by atoms with Crippen molar-refractivity contribution in [3.8, 4) is 0 Å². The summed E-state index contributed by atoms with van der Waals surface area (Å²) in [5, 5.41) is 9.86. The van der Waals surface area contributed by atoms with Crippen molar-refractivity contribution >= 4 is 22.6 Å². The predicted octanol–water partition coefficient (Wildman–Crippen LogP) is 2.70. The van der Waals surface area contributed by atoms with E-state index in [0.717, 1.165) is 5.56 Å². The molecule has 2 nitrogen and oxygen atoms in total. The van der Waals surface area contributed by atoms with Crippen LogP contribution in [0.1, 0.15) is 25.0 Å². The largest absolute Gasteiger partial charge is 0.390 e. The monoisotopic (exact) mass is 318 g/mol. The summed E-state index contributed by atoms with van der Waals surface area (Å²) in [4.78, 5) is 0. The molecule has 2 rings (SSSR count). The summed E-state index contributed by atoms with van der Waals surface area (Å²) in [5.74, 6) is 0. The van der Waals surface area contributed by atoms with Crippen LogP contribution in [-0.4, -0.2) is 21.2 Å². The van der Waals surface area contributed by atoms with Crippen molar-refractivity contribution in [1.29, 1.82) is 0 Å². The zero-order valence-electron chi connectivity index (χ0n) is 8.64. The van der Waals surface area contributed by atoms with Crippen molar-refractivity contribution in [3.05, 3.63) is 35.9 Å². The number of hydrogen-bond donors (Lipinski definition) is 1. The Kier molecular flexibility index (Phi) is 3.64. The smallest absolute Gasteiger partial charge is 0.0957 e. The Hall–Kier alpha value is -0.130. The second-order valence-corrected chi connectivity index (χ2v) is 5.95. The Bertz CT molecular complexity index is 313. The third kappa shape index (κ3) is 2.52. The maximum atomic E-state index is 9.86. The second-order valence-electron chi connectivity index (χ2n) is 3.98. The van der Waals surface area contributed by atoms with Crippen LogP contribution < -0.4 is 0 Å². The van der Waals surface area contributed by atoms with Gasteiger partial charge < -0.3 is 9.84 Å². The van der Waals surface area contributed by atoms with Crippen LogP contribution >= 0.6 is 22.6 Å². The molecular formula is C12H15IO2. The highest BCUT2D eigenvalue weighted by atomic mass is 127. The first-order chi connectivity index (χ1) is 7.18. The fourth-order valence-corrected chi connectivity index (χ4v) is 2.63. The van der Waals surface area contributed by atoms with E-state index in [0.29, 0.717) is 10.3 Å². The molecule has 1 aliphatic rings. The highest BCUT2D eigenvalue weighted by Gasteiger charge is 2.36. The number of hydrogen-bond acceptors (Lipinski definition) is 2. The van der Waals surface area contributed by atoms with Gasteiger partial charge in [-0.2, -0.15) is 0 Å². The van der Waals surface area contributed by atoms with Gasteiger partial charge >= 0.3 is 0 Å². The van der Waals surface area contributed by atoms with E-state index in [-0.39, 0.29) is 18.3 Å². The van der Waals surface area contributed by atoms with Crippen molar-refractivity contribution in [1.82, 2.24) is 0 Å². The summed E-state index contributed by atoms with van der Waals surface area (Å²) in [6.07, 6.45) is 0.406. The predicted molar refractivity (Wildman–Crippen MR) is 68.2 cm³/mol. The fourth-order valence-electron chi connectivity index (χ4n) is 1.99. The molecule has 1 fully saturated rings. The topological polar surface area (TPSA) is 29.5 Å². The molecule has 1 heterocycles. The van der Waals surface area contributed by atoms with Gasteiger partial charge in [-0.1, -0.05) is 59.8 Å². The molecule has 0 aliphatic carbocycles. The molecule has 4 atom stereocenters. The SMILES string of the molecule is CC(I)C1OC(c2ccccc2)CC1O. The van der Waals surface area contributed by atoms with E-state index in [4.69, 9.17) is 4.74 Å². The number of alkyl halides is 1. The van der Waals surface area contributed by atoms with Gasteiger partial charge in [-0.15, -0.1) is 0 Å². The number of aliphatic hydroxyl groups excluding tert-OH is 1. The molecule has 0 bridgehead atoms. The summed E-state index contributed by atoms with van der Waals surface area (Å²) >= 11 is 2.30. The molecule has 0 amide bonds. The van der Waals surface area contributed by atoms with E-state index in [1.165, 1.54) is 0 Å². The molecule has 1 N–H and O–H groups in total. The van der Waals surface area contributed by atoms with Crippen LogP contribution in [0.5, 0.6) is 0 Å². The quantitative estimate of drug-likeness (QED) is 0.671.